The molecule has 2 heterocycles. The monoisotopic (exact) mass is 256 g/mol. The molecule has 0 radical (unpaired) electrons. The smallest absolute Gasteiger partial charge is 0.101 e. The van der Waals surface area contributed by atoms with E-state index in [2.05, 4.69) is 27.3 Å². The van der Waals surface area contributed by atoms with Crippen LogP contribution in [0.5, 0.6) is 0 Å². The molecule has 19 heavy (non-hydrogen) atoms. The van der Waals surface area contributed by atoms with E-state index in [1.54, 1.807) is 0 Å². The summed E-state index contributed by atoms with van der Waals surface area (Å²) < 4.78 is 0. The Hall–Kier alpha value is -1.57. The summed E-state index contributed by atoms with van der Waals surface area (Å²) in [5.74, 6) is 0. The van der Waals surface area contributed by atoms with Crippen LogP contribution < -0.4 is 10.2 Å². The largest absolute Gasteiger partial charge is 0.367 e. The molecule has 0 bridgehead atoms. The Balaban J connectivity index is 1.61. The van der Waals surface area contributed by atoms with Gasteiger partial charge in [0.25, 0.3) is 0 Å². The minimum absolute atomic E-state index is 0.659. The molecule has 4 heteroatoms. The zero-order valence-electron chi connectivity index (χ0n) is 11.2. The van der Waals surface area contributed by atoms with Crippen molar-refractivity contribution in [2.75, 3.05) is 44.2 Å². The summed E-state index contributed by atoms with van der Waals surface area (Å²) in [7, 11) is 0. The first kappa shape index (κ1) is 12.5. The summed E-state index contributed by atoms with van der Waals surface area (Å²) >= 11 is 0. The van der Waals surface area contributed by atoms with Crippen molar-refractivity contribution in [1.29, 1.82) is 5.26 Å². The molecular weight excluding hydrogens is 236 g/mol. The van der Waals surface area contributed by atoms with Gasteiger partial charge in [-0.25, -0.2) is 0 Å². The van der Waals surface area contributed by atoms with Crippen LogP contribution in [0, 0.1) is 11.3 Å². The molecule has 3 rings (SSSR count). The molecule has 0 unspecified atom stereocenters. The molecule has 0 aliphatic carbocycles. The Bertz CT molecular complexity index is 465. The Kier molecular flexibility index (Phi) is 3.67. The predicted octanol–water partition coefficient (Wildman–Crippen LogP) is 1.04. The first-order valence-electron chi connectivity index (χ1n) is 7.07. The molecule has 0 amide bonds. The van der Waals surface area contributed by atoms with Crippen LogP contribution in [0.25, 0.3) is 0 Å². The quantitative estimate of drug-likeness (QED) is 0.858. The van der Waals surface area contributed by atoms with Crippen molar-refractivity contribution in [2.24, 2.45) is 0 Å². The maximum atomic E-state index is 9.14. The van der Waals surface area contributed by atoms with Crippen LogP contribution in [0.15, 0.2) is 24.3 Å². The zero-order chi connectivity index (χ0) is 13.1. The second-order valence-electron chi connectivity index (χ2n) is 5.33. The summed E-state index contributed by atoms with van der Waals surface area (Å²) in [4.78, 5) is 4.91. The van der Waals surface area contributed by atoms with Crippen molar-refractivity contribution in [2.45, 2.75) is 12.5 Å². The Labute approximate surface area is 114 Å². The second-order valence-corrected chi connectivity index (χ2v) is 5.33. The highest BCUT2D eigenvalue weighted by atomic mass is 15.3. The van der Waals surface area contributed by atoms with E-state index in [0.29, 0.717) is 6.04 Å². The highest BCUT2D eigenvalue weighted by Gasteiger charge is 2.32. The average molecular weight is 256 g/mol. The zero-order valence-corrected chi connectivity index (χ0v) is 11.2. The Morgan fingerprint density at radius 3 is 2.84 bits per heavy atom. The minimum atomic E-state index is 0.659. The molecule has 2 saturated heterocycles. The van der Waals surface area contributed by atoms with Crippen LogP contribution in [-0.2, 0) is 0 Å². The molecule has 2 aliphatic heterocycles. The van der Waals surface area contributed by atoms with Crippen molar-refractivity contribution >= 4 is 5.69 Å². The number of benzene rings is 1. The lowest BCUT2D eigenvalue weighted by atomic mass is 10.0. The number of rotatable bonds is 2. The third kappa shape index (κ3) is 2.58. The first-order valence-corrected chi connectivity index (χ1v) is 7.07. The average Bonchev–Trinajstić information content (AvgIpc) is 2.67. The van der Waals surface area contributed by atoms with E-state index in [-0.39, 0.29) is 0 Å². The van der Waals surface area contributed by atoms with Crippen molar-refractivity contribution in [3.8, 4) is 6.07 Å². The van der Waals surface area contributed by atoms with E-state index in [0.717, 1.165) is 44.0 Å². The molecule has 4 nitrogen and oxygen atoms in total. The molecular formula is C15H20N4. The summed E-state index contributed by atoms with van der Waals surface area (Å²) in [6, 6.07) is 10.8. The van der Waals surface area contributed by atoms with Crippen LogP contribution in [0.4, 0.5) is 5.69 Å². The number of nitrogens with zero attached hydrogens (tertiary/aromatic N) is 3. The number of para-hydroxylation sites is 1. The number of nitriles is 1. The van der Waals surface area contributed by atoms with Crippen molar-refractivity contribution < 1.29 is 0 Å². The first-order chi connectivity index (χ1) is 9.38. The molecule has 0 spiro atoms. The molecule has 0 saturated carbocycles. The van der Waals surface area contributed by atoms with Gasteiger partial charge in [-0.2, -0.15) is 5.26 Å². The fraction of sp³-hybridized carbons (Fsp3) is 0.533. The molecule has 1 aromatic rings. The molecule has 0 aromatic heterocycles. The van der Waals surface area contributed by atoms with Gasteiger partial charge in [0.2, 0.25) is 0 Å². The maximum absolute atomic E-state index is 9.14. The van der Waals surface area contributed by atoms with Gasteiger partial charge in [-0.05, 0) is 31.6 Å². The van der Waals surface area contributed by atoms with Gasteiger partial charge < -0.3 is 10.2 Å². The summed E-state index contributed by atoms with van der Waals surface area (Å²) in [5, 5.41) is 12.6. The lowest BCUT2D eigenvalue weighted by Gasteiger charge is -2.46. The van der Waals surface area contributed by atoms with Crippen LogP contribution in [0.3, 0.4) is 0 Å². The van der Waals surface area contributed by atoms with Crippen molar-refractivity contribution in [3.63, 3.8) is 0 Å². The fourth-order valence-corrected chi connectivity index (χ4v) is 2.96. The van der Waals surface area contributed by atoms with Crippen LogP contribution in [0.2, 0.25) is 0 Å². The fourth-order valence-electron chi connectivity index (χ4n) is 2.96. The van der Waals surface area contributed by atoms with E-state index in [1.165, 1.54) is 13.0 Å². The summed E-state index contributed by atoms with van der Waals surface area (Å²) in [6.07, 6.45) is 1.24. The molecule has 100 valence electrons. The van der Waals surface area contributed by atoms with Gasteiger partial charge >= 0.3 is 0 Å². The molecule has 1 N–H and O–H groups in total. The third-order valence-corrected chi connectivity index (χ3v) is 4.12. The maximum Gasteiger partial charge on any atom is 0.101 e. The Morgan fingerprint density at radius 2 is 2.00 bits per heavy atom. The highest BCUT2D eigenvalue weighted by Crippen LogP contribution is 2.26. The number of hydrogen-bond donors (Lipinski definition) is 1. The van der Waals surface area contributed by atoms with E-state index >= 15 is 0 Å². The van der Waals surface area contributed by atoms with Gasteiger partial charge in [-0.15, -0.1) is 0 Å². The lowest BCUT2D eigenvalue weighted by Crippen LogP contribution is -2.60. The van der Waals surface area contributed by atoms with E-state index in [4.69, 9.17) is 5.26 Å². The molecule has 2 aliphatic rings. The van der Waals surface area contributed by atoms with Crippen LogP contribution in [0.1, 0.15) is 12.0 Å². The standard InChI is InChI=1S/C15H20N4/c16-10-13-4-1-2-5-15(13)19-11-14(12-19)18-8-3-6-17-7-9-18/h1-2,4-5,14,17H,3,6-9,11-12H2. The number of hydrogen-bond acceptors (Lipinski definition) is 4. The van der Waals surface area contributed by atoms with Gasteiger partial charge in [0.1, 0.15) is 6.07 Å². The molecule has 0 atom stereocenters. The van der Waals surface area contributed by atoms with Gasteiger partial charge in [0, 0.05) is 32.2 Å². The SMILES string of the molecule is N#Cc1ccccc1N1CC(N2CCCNCC2)C1. The topological polar surface area (TPSA) is 42.3 Å². The van der Waals surface area contributed by atoms with Crippen LogP contribution >= 0.6 is 0 Å². The normalized spacial score (nSPS) is 21.5. The third-order valence-electron chi connectivity index (χ3n) is 4.12. The molecule has 2 fully saturated rings. The molecule has 1 aromatic carbocycles. The minimum Gasteiger partial charge on any atom is -0.367 e. The van der Waals surface area contributed by atoms with Crippen molar-refractivity contribution in [1.82, 2.24) is 10.2 Å². The number of anilines is 1. The Morgan fingerprint density at radius 1 is 1.16 bits per heavy atom. The number of nitrogens with one attached hydrogen (secondary N) is 1. The van der Waals surface area contributed by atoms with Gasteiger partial charge in [-0.3, -0.25) is 4.90 Å². The van der Waals surface area contributed by atoms with Gasteiger partial charge in [-0.1, -0.05) is 12.1 Å². The van der Waals surface area contributed by atoms with Gasteiger partial charge in [0.15, 0.2) is 0 Å². The van der Waals surface area contributed by atoms with Gasteiger partial charge in [0.05, 0.1) is 11.3 Å². The predicted molar refractivity (Wildman–Crippen MR) is 76.2 cm³/mol. The van der Waals surface area contributed by atoms with E-state index < -0.39 is 0 Å². The van der Waals surface area contributed by atoms with Crippen LogP contribution in [-0.4, -0.2) is 50.2 Å². The van der Waals surface area contributed by atoms with E-state index in [1.807, 2.05) is 18.2 Å². The highest BCUT2D eigenvalue weighted by molar-refractivity contribution is 5.60. The van der Waals surface area contributed by atoms with Crippen molar-refractivity contribution in [3.05, 3.63) is 29.8 Å². The summed E-state index contributed by atoms with van der Waals surface area (Å²) in [6.45, 7) is 6.71. The lowest BCUT2D eigenvalue weighted by molar-refractivity contribution is 0.177. The second kappa shape index (κ2) is 5.60. The van der Waals surface area contributed by atoms with E-state index in [9.17, 15) is 0 Å². The summed E-state index contributed by atoms with van der Waals surface area (Å²) in [5.41, 5.74) is 1.88.